The van der Waals surface area contributed by atoms with Gasteiger partial charge in [-0.15, -0.1) is 0 Å². The summed E-state index contributed by atoms with van der Waals surface area (Å²) in [5.41, 5.74) is 12.4. The second kappa shape index (κ2) is 11.2. The van der Waals surface area contributed by atoms with Crippen LogP contribution in [0.3, 0.4) is 0 Å². The van der Waals surface area contributed by atoms with Crippen molar-refractivity contribution in [1.82, 2.24) is 9.97 Å². The average Bonchev–Trinajstić information content (AvgIpc) is 3.31. The van der Waals surface area contributed by atoms with Crippen molar-refractivity contribution >= 4 is 41.6 Å². The van der Waals surface area contributed by atoms with Crippen LogP contribution in [-0.4, -0.2) is 18.0 Å². The highest BCUT2D eigenvalue weighted by Gasteiger charge is 2.36. The molecule has 0 aliphatic heterocycles. The number of hydrogen-bond acceptors (Lipinski definition) is 3. The van der Waals surface area contributed by atoms with E-state index < -0.39 is 8.07 Å². The van der Waals surface area contributed by atoms with Gasteiger partial charge >= 0.3 is 0 Å². The summed E-state index contributed by atoms with van der Waals surface area (Å²) in [4.78, 5) is 10.9. The van der Waals surface area contributed by atoms with Crippen LogP contribution in [0.2, 0.25) is 6.55 Å². The molecule has 0 radical (unpaired) electrons. The van der Waals surface area contributed by atoms with Crippen LogP contribution in [0, 0.1) is 0 Å². The Bertz CT molecular complexity index is 1860. The number of anilines is 3. The molecule has 2 aromatic heterocycles. The van der Waals surface area contributed by atoms with Crippen molar-refractivity contribution in [3.8, 4) is 11.1 Å². The van der Waals surface area contributed by atoms with E-state index in [4.69, 9.17) is 0 Å². The monoisotopic (exact) mass is 585 g/mol. The number of pyridine rings is 2. The molecule has 0 saturated heterocycles. The molecule has 3 nitrogen and oxygen atoms in total. The van der Waals surface area contributed by atoms with E-state index in [-0.39, 0.29) is 5.41 Å². The van der Waals surface area contributed by atoms with E-state index in [9.17, 15) is 0 Å². The molecule has 214 valence electrons. The maximum atomic E-state index is 4.28. The highest BCUT2D eigenvalue weighted by atomic mass is 28.3. The summed E-state index contributed by atoms with van der Waals surface area (Å²) < 4.78 is 0. The van der Waals surface area contributed by atoms with Crippen molar-refractivity contribution in [3.05, 3.63) is 169 Å². The van der Waals surface area contributed by atoms with Crippen LogP contribution in [0.25, 0.3) is 17.2 Å². The number of para-hydroxylation sites is 2. The van der Waals surface area contributed by atoms with Gasteiger partial charge in [0, 0.05) is 47.3 Å². The lowest BCUT2D eigenvalue weighted by Crippen LogP contribution is -2.54. The quantitative estimate of drug-likeness (QED) is 0.176. The van der Waals surface area contributed by atoms with Crippen molar-refractivity contribution < 1.29 is 0 Å². The van der Waals surface area contributed by atoms with E-state index >= 15 is 0 Å². The van der Waals surface area contributed by atoms with E-state index in [0.29, 0.717) is 0 Å². The van der Waals surface area contributed by atoms with Crippen LogP contribution >= 0.6 is 0 Å². The van der Waals surface area contributed by atoms with Crippen LogP contribution in [0.1, 0.15) is 30.5 Å². The van der Waals surface area contributed by atoms with Gasteiger partial charge in [-0.3, -0.25) is 9.97 Å². The summed E-state index contributed by atoms with van der Waals surface area (Å²) in [6, 6.07) is 43.8. The number of aromatic nitrogens is 2. The number of benzene rings is 4. The predicted octanol–water partition coefficient (Wildman–Crippen LogP) is 8.70. The topological polar surface area (TPSA) is 29.0 Å². The largest absolute Gasteiger partial charge is 0.310 e. The van der Waals surface area contributed by atoms with E-state index in [1.807, 2.05) is 24.8 Å². The Morgan fingerprint density at radius 2 is 1.07 bits per heavy atom. The van der Waals surface area contributed by atoms with Gasteiger partial charge in [0.2, 0.25) is 0 Å². The average molecular weight is 586 g/mol. The molecule has 1 aliphatic rings. The van der Waals surface area contributed by atoms with E-state index in [1.54, 1.807) is 0 Å². The summed E-state index contributed by atoms with van der Waals surface area (Å²) in [6.45, 7) is 7.11. The lowest BCUT2D eigenvalue weighted by atomic mass is 9.82. The van der Waals surface area contributed by atoms with Crippen LogP contribution < -0.4 is 15.3 Å². The minimum Gasteiger partial charge on any atom is -0.310 e. The zero-order chi connectivity index (χ0) is 30.1. The Kier molecular flexibility index (Phi) is 7.07. The molecule has 0 spiro atoms. The highest BCUT2D eigenvalue weighted by Crippen LogP contribution is 2.51. The smallest absolute Gasteiger partial charge is 0.138 e. The fraction of sp³-hybridized carbons (Fsp3) is 0.100. The van der Waals surface area contributed by atoms with Gasteiger partial charge < -0.3 is 4.90 Å². The summed E-state index contributed by atoms with van der Waals surface area (Å²) in [5, 5.41) is 2.66. The van der Waals surface area contributed by atoms with Crippen molar-refractivity contribution in [2.24, 2.45) is 0 Å². The summed E-state index contributed by atoms with van der Waals surface area (Å²) >= 11 is 0. The van der Waals surface area contributed by atoms with Crippen molar-refractivity contribution in [2.75, 3.05) is 4.90 Å². The van der Waals surface area contributed by atoms with Gasteiger partial charge in [0.15, 0.2) is 0 Å². The first-order valence-electron chi connectivity index (χ1n) is 15.1. The maximum absolute atomic E-state index is 4.28. The predicted molar refractivity (Wildman–Crippen MR) is 187 cm³/mol. The fourth-order valence-electron chi connectivity index (χ4n) is 6.61. The molecular weight excluding hydrogens is 551 g/mol. The normalized spacial score (nSPS) is 13.4. The Balaban J connectivity index is 1.27. The minimum atomic E-state index is -2.16. The van der Waals surface area contributed by atoms with Crippen molar-refractivity contribution in [2.45, 2.75) is 25.8 Å². The van der Waals surface area contributed by atoms with Gasteiger partial charge in [0.05, 0.1) is 0 Å². The van der Waals surface area contributed by atoms with Crippen LogP contribution in [0.5, 0.6) is 0 Å². The molecule has 0 bridgehead atoms. The molecule has 4 heteroatoms. The SMILES string of the molecule is CC1(C)c2cc(C=C[Si](C)(c3ccncc3)c3ccncc3)ccc2-c2ccc(N(c3ccccc3)c3ccccc3)cc21. The number of rotatable bonds is 7. The Hall–Kier alpha value is -5.06. The summed E-state index contributed by atoms with van der Waals surface area (Å²) in [7, 11) is -2.16. The van der Waals surface area contributed by atoms with Gasteiger partial charge in [-0.25, -0.2) is 0 Å². The fourth-order valence-corrected chi connectivity index (χ4v) is 9.53. The van der Waals surface area contributed by atoms with Crippen LogP contribution in [0.4, 0.5) is 17.1 Å². The van der Waals surface area contributed by atoms with Gasteiger partial charge in [0.25, 0.3) is 0 Å². The third-order valence-corrected chi connectivity index (χ3v) is 13.0. The second-order valence-electron chi connectivity index (χ2n) is 12.2. The third kappa shape index (κ3) is 4.87. The zero-order valence-electron chi connectivity index (χ0n) is 25.4. The molecular formula is C40H35N3Si. The summed E-state index contributed by atoms with van der Waals surface area (Å²) in [5.74, 6) is 0. The van der Waals surface area contributed by atoms with E-state index in [1.165, 1.54) is 43.9 Å². The van der Waals surface area contributed by atoms with Crippen LogP contribution in [0.15, 0.2) is 152 Å². The molecule has 0 saturated carbocycles. The maximum Gasteiger partial charge on any atom is 0.138 e. The number of hydrogen-bond donors (Lipinski definition) is 0. The summed E-state index contributed by atoms with van der Waals surface area (Å²) in [6.07, 6.45) is 9.92. The van der Waals surface area contributed by atoms with Gasteiger partial charge in [-0.2, -0.15) is 0 Å². The van der Waals surface area contributed by atoms with E-state index in [0.717, 1.165) is 11.4 Å². The molecule has 44 heavy (non-hydrogen) atoms. The molecule has 0 unspecified atom stereocenters. The minimum absolute atomic E-state index is 0.138. The molecule has 0 amide bonds. The standard InChI is InChI=1S/C40H35N3Si/c1-40(2)38-28-30(22-27-44(3,34-18-23-41-24-19-34)35-20-25-42-26-21-35)14-16-36(38)37-17-15-33(29-39(37)40)43(31-10-6-4-7-11-31)32-12-8-5-9-13-32/h4-29H,1-3H3. The van der Waals surface area contributed by atoms with Crippen LogP contribution in [-0.2, 0) is 5.41 Å². The number of nitrogens with zero attached hydrogens (tertiary/aromatic N) is 3. The first-order chi connectivity index (χ1) is 21.4. The lowest BCUT2D eigenvalue weighted by Gasteiger charge is -2.28. The van der Waals surface area contributed by atoms with Gasteiger partial charge in [-0.1, -0.05) is 92.8 Å². The zero-order valence-corrected chi connectivity index (χ0v) is 26.4. The Morgan fingerprint density at radius 3 is 1.61 bits per heavy atom. The van der Waals surface area contributed by atoms with Gasteiger partial charge in [0.1, 0.15) is 8.07 Å². The molecule has 6 aromatic rings. The molecule has 0 N–H and O–H groups in total. The third-order valence-electron chi connectivity index (χ3n) is 9.14. The van der Waals surface area contributed by atoms with Gasteiger partial charge in [-0.05, 0) is 98.9 Å². The second-order valence-corrected chi connectivity index (χ2v) is 16.1. The molecule has 0 atom stereocenters. The highest BCUT2D eigenvalue weighted by molar-refractivity contribution is 7.05. The first-order valence-corrected chi connectivity index (χ1v) is 17.7. The lowest BCUT2D eigenvalue weighted by molar-refractivity contribution is 0.660. The Morgan fingerprint density at radius 1 is 0.568 bits per heavy atom. The molecule has 1 aliphatic carbocycles. The molecule has 0 fully saturated rings. The molecule has 2 heterocycles. The number of fused-ring (bicyclic) bond motifs is 3. The van der Waals surface area contributed by atoms with Crippen molar-refractivity contribution in [3.63, 3.8) is 0 Å². The Labute approximate surface area is 261 Å². The molecule has 4 aromatic carbocycles. The molecule has 7 rings (SSSR count). The first kappa shape index (κ1) is 27.8. The van der Waals surface area contributed by atoms with Crippen molar-refractivity contribution in [1.29, 1.82) is 0 Å². The van der Waals surface area contributed by atoms with E-state index in [2.05, 4.69) is 168 Å².